The second-order valence-electron chi connectivity index (χ2n) is 5.74. The lowest BCUT2D eigenvalue weighted by molar-refractivity contribution is 0.0268. The van der Waals surface area contributed by atoms with Crippen LogP contribution in [0.4, 0.5) is 0 Å². The van der Waals surface area contributed by atoms with Crippen molar-refractivity contribution in [2.75, 3.05) is 46.7 Å². The van der Waals surface area contributed by atoms with Crippen molar-refractivity contribution < 1.29 is 9.47 Å². The smallest absolute Gasteiger partial charge is 0.191 e. The fraction of sp³-hybridized carbons (Fsp3) is 0.929. The summed E-state index contributed by atoms with van der Waals surface area (Å²) in [6.07, 6.45) is 4.35. The molecular weight excluding hydrogens is 274 g/mol. The van der Waals surface area contributed by atoms with E-state index >= 15 is 0 Å². The van der Waals surface area contributed by atoms with Crippen LogP contribution in [0.1, 0.15) is 26.7 Å². The maximum absolute atomic E-state index is 5.46. The molecular formula is C14H29N3O2S. The van der Waals surface area contributed by atoms with Crippen molar-refractivity contribution in [1.82, 2.24) is 10.6 Å². The number of methoxy groups -OCH3 is 1. The van der Waals surface area contributed by atoms with Gasteiger partial charge in [-0.1, -0.05) is 0 Å². The Hall–Kier alpha value is -0.460. The van der Waals surface area contributed by atoms with Crippen LogP contribution < -0.4 is 10.6 Å². The molecule has 0 atom stereocenters. The van der Waals surface area contributed by atoms with Crippen molar-refractivity contribution in [2.45, 2.75) is 37.0 Å². The van der Waals surface area contributed by atoms with Crippen molar-refractivity contribution in [3.05, 3.63) is 0 Å². The Morgan fingerprint density at radius 3 is 2.50 bits per heavy atom. The SMILES string of the molecule is CN=C(NCC(C)(C)OC)NCC1(SC)CCOCC1. The molecule has 0 saturated carbocycles. The third-order valence-corrected chi connectivity index (χ3v) is 5.29. The van der Waals surface area contributed by atoms with Crippen LogP contribution in [0.15, 0.2) is 4.99 Å². The zero-order valence-corrected chi connectivity index (χ0v) is 14.2. The number of ether oxygens (including phenoxy) is 2. The zero-order valence-electron chi connectivity index (χ0n) is 13.4. The molecule has 1 fully saturated rings. The standard InChI is InChI=1S/C14H29N3O2S/c1-13(2,18-4)10-16-12(15-3)17-11-14(20-5)6-8-19-9-7-14/h6-11H2,1-5H3,(H2,15,16,17). The fourth-order valence-electron chi connectivity index (χ4n) is 2.03. The van der Waals surface area contributed by atoms with Gasteiger partial charge in [0.05, 0.1) is 5.60 Å². The van der Waals surface area contributed by atoms with Gasteiger partial charge in [0.2, 0.25) is 0 Å². The normalized spacial score (nSPS) is 19.8. The Labute approximate surface area is 127 Å². The molecule has 0 radical (unpaired) electrons. The summed E-state index contributed by atoms with van der Waals surface area (Å²) in [7, 11) is 3.52. The predicted octanol–water partition coefficient (Wildman–Crippen LogP) is 1.49. The van der Waals surface area contributed by atoms with E-state index in [1.54, 1.807) is 14.2 Å². The fourth-order valence-corrected chi connectivity index (χ4v) is 2.82. The number of hydrogen-bond donors (Lipinski definition) is 2. The summed E-state index contributed by atoms with van der Waals surface area (Å²) < 4.78 is 11.1. The first-order valence-electron chi connectivity index (χ1n) is 7.09. The van der Waals surface area contributed by atoms with Gasteiger partial charge < -0.3 is 20.1 Å². The molecule has 0 aromatic rings. The molecule has 1 aliphatic rings. The molecule has 5 nitrogen and oxygen atoms in total. The maximum atomic E-state index is 5.46. The Morgan fingerprint density at radius 1 is 1.35 bits per heavy atom. The number of hydrogen-bond acceptors (Lipinski definition) is 4. The van der Waals surface area contributed by atoms with E-state index in [1.165, 1.54) is 0 Å². The van der Waals surface area contributed by atoms with Gasteiger partial charge in [0.25, 0.3) is 0 Å². The third-order valence-electron chi connectivity index (χ3n) is 3.87. The first kappa shape index (κ1) is 17.6. The van der Waals surface area contributed by atoms with Crippen LogP contribution in [0, 0.1) is 0 Å². The van der Waals surface area contributed by atoms with E-state index in [0.29, 0.717) is 0 Å². The van der Waals surface area contributed by atoms with Crippen molar-refractivity contribution >= 4 is 17.7 Å². The van der Waals surface area contributed by atoms with Crippen LogP contribution in [0.5, 0.6) is 0 Å². The number of nitrogens with one attached hydrogen (secondary N) is 2. The molecule has 0 aromatic heterocycles. The summed E-state index contributed by atoms with van der Waals surface area (Å²) in [5.41, 5.74) is -0.201. The molecule has 2 N–H and O–H groups in total. The van der Waals surface area contributed by atoms with Gasteiger partial charge in [-0.25, -0.2) is 0 Å². The van der Waals surface area contributed by atoms with Crippen LogP contribution in [0.3, 0.4) is 0 Å². The molecule has 0 unspecified atom stereocenters. The Kier molecular flexibility index (Phi) is 7.12. The molecule has 1 aliphatic heterocycles. The van der Waals surface area contributed by atoms with Crippen LogP contribution in [0.2, 0.25) is 0 Å². The van der Waals surface area contributed by atoms with Crippen LogP contribution >= 0.6 is 11.8 Å². The second-order valence-corrected chi connectivity index (χ2v) is 7.02. The van der Waals surface area contributed by atoms with Crippen molar-refractivity contribution in [2.24, 2.45) is 4.99 Å². The first-order chi connectivity index (χ1) is 9.47. The average Bonchev–Trinajstić information content (AvgIpc) is 2.48. The van der Waals surface area contributed by atoms with Gasteiger partial charge in [-0.3, -0.25) is 4.99 Å². The predicted molar refractivity (Wildman–Crippen MR) is 86.8 cm³/mol. The maximum Gasteiger partial charge on any atom is 0.191 e. The lowest BCUT2D eigenvalue weighted by Gasteiger charge is -2.36. The molecule has 6 heteroatoms. The van der Waals surface area contributed by atoms with Gasteiger partial charge in [-0.05, 0) is 32.9 Å². The van der Waals surface area contributed by atoms with Crippen molar-refractivity contribution in [3.63, 3.8) is 0 Å². The summed E-state index contributed by atoms with van der Waals surface area (Å²) in [6, 6.07) is 0. The quantitative estimate of drug-likeness (QED) is 0.575. The van der Waals surface area contributed by atoms with E-state index in [4.69, 9.17) is 9.47 Å². The summed E-state index contributed by atoms with van der Waals surface area (Å²) in [5.74, 6) is 0.829. The van der Waals surface area contributed by atoms with E-state index in [2.05, 4.69) is 35.7 Å². The van der Waals surface area contributed by atoms with E-state index in [0.717, 1.165) is 45.1 Å². The molecule has 1 heterocycles. The van der Waals surface area contributed by atoms with E-state index in [1.807, 2.05) is 11.8 Å². The zero-order chi connectivity index (χ0) is 15.1. The summed E-state index contributed by atoms with van der Waals surface area (Å²) >= 11 is 1.92. The highest BCUT2D eigenvalue weighted by Crippen LogP contribution is 2.32. The summed E-state index contributed by atoms with van der Waals surface area (Å²) in [4.78, 5) is 4.27. The monoisotopic (exact) mass is 303 g/mol. The number of thioether (sulfide) groups is 1. The highest BCUT2D eigenvalue weighted by Gasteiger charge is 2.31. The van der Waals surface area contributed by atoms with Gasteiger partial charge >= 0.3 is 0 Å². The minimum atomic E-state index is -0.201. The molecule has 1 saturated heterocycles. The Bertz CT molecular complexity index is 316. The van der Waals surface area contributed by atoms with Crippen molar-refractivity contribution in [1.29, 1.82) is 0 Å². The molecule has 118 valence electrons. The molecule has 0 bridgehead atoms. The first-order valence-corrected chi connectivity index (χ1v) is 8.32. The average molecular weight is 303 g/mol. The molecule has 0 aliphatic carbocycles. The molecule has 20 heavy (non-hydrogen) atoms. The van der Waals surface area contributed by atoms with E-state index in [-0.39, 0.29) is 10.3 Å². The summed E-state index contributed by atoms with van der Waals surface area (Å²) in [6.45, 7) is 7.43. The van der Waals surface area contributed by atoms with Crippen LogP contribution in [0.25, 0.3) is 0 Å². The number of guanidine groups is 1. The van der Waals surface area contributed by atoms with E-state index < -0.39 is 0 Å². The topological polar surface area (TPSA) is 54.9 Å². The van der Waals surface area contributed by atoms with Gasteiger partial charge in [0, 0.05) is 45.2 Å². The number of nitrogens with zero attached hydrogens (tertiary/aromatic N) is 1. The van der Waals surface area contributed by atoms with Crippen molar-refractivity contribution in [3.8, 4) is 0 Å². The lowest BCUT2D eigenvalue weighted by atomic mass is 9.99. The minimum absolute atomic E-state index is 0.201. The molecule has 0 amide bonds. The van der Waals surface area contributed by atoms with Gasteiger partial charge in [0.1, 0.15) is 0 Å². The molecule has 0 aromatic carbocycles. The third kappa shape index (κ3) is 5.50. The Morgan fingerprint density at radius 2 is 2.00 bits per heavy atom. The Balaban J connectivity index is 2.44. The van der Waals surface area contributed by atoms with Crippen LogP contribution in [-0.4, -0.2) is 63.0 Å². The molecule has 1 rings (SSSR count). The highest BCUT2D eigenvalue weighted by molar-refractivity contribution is 8.00. The van der Waals surface area contributed by atoms with Gasteiger partial charge in [-0.15, -0.1) is 0 Å². The highest BCUT2D eigenvalue weighted by atomic mass is 32.2. The molecule has 0 spiro atoms. The lowest BCUT2D eigenvalue weighted by Crippen LogP contribution is -2.50. The van der Waals surface area contributed by atoms with Crippen LogP contribution in [-0.2, 0) is 9.47 Å². The second kappa shape index (κ2) is 8.10. The number of rotatable bonds is 6. The number of aliphatic imine (C=N–C) groups is 1. The minimum Gasteiger partial charge on any atom is -0.381 e. The van der Waals surface area contributed by atoms with Gasteiger partial charge in [-0.2, -0.15) is 11.8 Å². The largest absolute Gasteiger partial charge is 0.381 e. The van der Waals surface area contributed by atoms with Gasteiger partial charge in [0.15, 0.2) is 5.96 Å². The summed E-state index contributed by atoms with van der Waals surface area (Å²) in [5, 5.41) is 6.75. The van der Waals surface area contributed by atoms with E-state index in [9.17, 15) is 0 Å².